The Morgan fingerprint density at radius 2 is 2.05 bits per heavy atom. The smallest absolute Gasteiger partial charge is 0.238 e. The van der Waals surface area contributed by atoms with E-state index in [4.69, 9.17) is 23.2 Å². The molecule has 2 N–H and O–H groups in total. The van der Waals surface area contributed by atoms with Crippen molar-refractivity contribution in [2.75, 3.05) is 5.32 Å². The zero-order valence-corrected chi connectivity index (χ0v) is 13.1. The van der Waals surface area contributed by atoms with E-state index >= 15 is 0 Å². The maximum absolute atomic E-state index is 12.3. The number of halogens is 2. The van der Waals surface area contributed by atoms with E-state index in [0.29, 0.717) is 11.4 Å². The van der Waals surface area contributed by atoms with Gasteiger partial charge in [-0.25, -0.2) is 0 Å². The molecule has 0 fully saturated rings. The molecule has 3 rings (SSSR count). The van der Waals surface area contributed by atoms with Crippen molar-refractivity contribution in [2.24, 2.45) is 0 Å². The number of phenolic OH excluding ortho intramolecular Hbond substituents is 1. The molecule has 1 aliphatic rings. The molecule has 3 nitrogen and oxygen atoms in total. The SMILES string of the molecule is O=C(Nc1cc(Cl)cc(Cl)c1O)C1Cc2ccccc2S1. The maximum atomic E-state index is 12.3. The predicted molar refractivity (Wildman–Crippen MR) is 86.5 cm³/mol. The third-order valence-electron chi connectivity index (χ3n) is 3.23. The summed E-state index contributed by atoms with van der Waals surface area (Å²) in [6.07, 6.45) is 0.668. The number of anilines is 1. The quantitative estimate of drug-likeness (QED) is 0.799. The number of amides is 1. The van der Waals surface area contributed by atoms with E-state index in [9.17, 15) is 9.90 Å². The third kappa shape index (κ3) is 2.98. The van der Waals surface area contributed by atoms with Crippen LogP contribution in [0.5, 0.6) is 5.75 Å². The second-order valence-corrected chi connectivity index (χ2v) is 6.78. The second-order valence-electron chi connectivity index (χ2n) is 4.69. The van der Waals surface area contributed by atoms with E-state index in [-0.39, 0.29) is 27.6 Å². The van der Waals surface area contributed by atoms with Crippen LogP contribution in [-0.2, 0) is 11.2 Å². The van der Waals surface area contributed by atoms with E-state index in [1.807, 2.05) is 24.3 Å². The summed E-state index contributed by atoms with van der Waals surface area (Å²) in [5, 5.41) is 12.8. The fraction of sp³-hybridized carbons (Fsp3) is 0.133. The fourth-order valence-corrected chi connectivity index (χ4v) is 3.89. The van der Waals surface area contributed by atoms with Crippen molar-refractivity contribution >= 4 is 46.6 Å². The molecule has 0 spiro atoms. The van der Waals surface area contributed by atoms with Crippen LogP contribution in [0.2, 0.25) is 10.0 Å². The molecule has 21 heavy (non-hydrogen) atoms. The number of carbonyl (C=O) groups is 1. The van der Waals surface area contributed by atoms with Gasteiger partial charge in [0.15, 0.2) is 5.75 Å². The Balaban J connectivity index is 1.77. The topological polar surface area (TPSA) is 49.3 Å². The zero-order valence-electron chi connectivity index (χ0n) is 10.8. The summed E-state index contributed by atoms with van der Waals surface area (Å²) in [7, 11) is 0. The van der Waals surface area contributed by atoms with Gasteiger partial charge in [0.25, 0.3) is 0 Å². The Kier molecular flexibility index (Phi) is 4.02. The molecule has 0 saturated heterocycles. The van der Waals surface area contributed by atoms with Gasteiger partial charge in [-0.2, -0.15) is 0 Å². The molecule has 0 saturated carbocycles. The summed E-state index contributed by atoms with van der Waals surface area (Å²) in [4.78, 5) is 13.4. The number of nitrogens with one attached hydrogen (secondary N) is 1. The highest BCUT2D eigenvalue weighted by Gasteiger charge is 2.28. The lowest BCUT2D eigenvalue weighted by Crippen LogP contribution is -2.24. The largest absolute Gasteiger partial charge is 0.504 e. The first-order valence-electron chi connectivity index (χ1n) is 6.28. The van der Waals surface area contributed by atoms with Gasteiger partial charge in [0.2, 0.25) is 5.91 Å². The zero-order chi connectivity index (χ0) is 15.0. The molecule has 0 bridgehead atoms. The highest BCUT2D eigenvalue weighted by atomic mass is 35.5. The maximum Gasteiger partial charge on any atom is 0.238 e. The fourth-order valence-electron chi connectivity index (χ4n) is 2.20. The molecule has 2 aromatic rings. The van der Waals surface area contributed by atoms with Gasteiger partial charge in [0, 0.05) is 9.92 Å². The molecule has 1 amide bonds. The van der Waals surface area contributed by atoms with Crippen LogP contribution in [0, 0.1) is 0 Å². The molecule has 0 radical (unpaired) electrons. The highest BCUT2D eigenvalue weighted by molar-refractivity contribution is 8.01. The van der Waals surface area contributed by atoms with Crippen LogP contribution in [0.3, 0.4) is 0 Å². The summed E-state index contributed by atoms with van der Waals surface area (Å²) in [5.74, 6) is -0.347. The number of benzene rings is 2. The highest BCUT2D eigenvalue weighted by Crippen LogP contribution is 2.39. The van der Waals surface area contributed by atoms with Crippen molar-refractivity contribution in [1.29, 1.82) is 0 Å². The average Bonchev–Trinajstić information content (AvgIpc) is 2.88. The molecule has 6 heteroatoms. The van der Waals surface area contributed by atoms with E-state index < -0.39 is 0 Å². The van der Waals surface area contributed by atoms with Gasteiger partial charge in [-0.1, -0.05) is 41.4 Å². The molecule has 1 aliphatic heterocycles. The number of rotatable bonds is 2. The van der Waals surface area contributed by atoms with Crippen molar-refractivity contribution < 1.29 is 9.90 Å². The van der Waals surface area contributed by atoms with Crippen LogP contribution >= 0.6 is 35.0 Å². The number of carbonyl (C=O) groups excluding carboxylic acids is 1. The Morgan fingerprint density at radius 1 is 1.29 bits per heavy atom. The molecule has 0 aromatic heterocycles. The van der Waals surface area contributed by atoms with Crippen LogP contribution in [0.25, 0.3) is 0 Å². The number of aromatic hydroxyl groups is 1. The van der Waals surface area contributed by atoms with Gasteiger partial charge >= 0.3 is 0 Å². The van der Waals surface area contributed by atoms with Gasteiger partial charge < -0.3 is 10.4 Å². The van der Waals surface area contributed by atoms with Crippen molar-refractivity contribution in [1.82, 2.24) is 0 Å². The van der Waals surface area contributed by atoms with Gasteiger partial charge in [-0.15, -0.1) is 11.8 Å². The van der Waals surface area contributed by atoms with E-state index in [1.165, 1.54) is 23.9 Å². The normalized spacial score (nSPS) is 16.6. The van der Waals surface area contributed by atoms with Crippen LogP contribution in [0.1, 0.15) is 5.56 Å². The minimum Gasteiger partial charge on any atom is -0.504 e. The number of phenols is 1. The Labute approximate surface area is 136 Å². The molecule has 0 aliphatic carbocycles. The van der Waals surface area contributed by atoms with Crippen LogP contribution in [-0.4, -0.2) is 16.3 Å². The summed E-state index contributed by atoms with van der Waals surface area (Å²) in [6, 6.07) is 10.8. The molecule has 1 unspecified atom stereocenters. The molecule has 1 atom stereocenters. The lowest BCUT2D eigenvalue weighted by atomic mass is 10.1. The average molecular weight is 340 g/mol. The van der Waals surface area contributed by atoms with Crippen molar-refractivity contribution in [3.8, 4) is 5.75 Å². The summed E-state index contributed by atoms with van der Waals surface area (Å²) in [6.45, 7) is 0. The predicted octanol–water partition coefficient (Wildman–Crippen LogP) is 4.35. The van der Waals surface area contributed by atoms with Crippen LogP contribution < -0.4 is 5.32 Å². The van der Waals surface area contributed by atoms with Gasteiger partial charge in [-0.05, 0) is 30.2 Å². The van der Waals surface area contributed by atoms with E-state index in [0.717, 1.165) is 10.5 Å². The molecular formula is C15H11Cl2NO2S. The first kappa shape index (κ1) is 14.6. The first-order valence-corrected chi connectivity index (χ1v) is 7.91. The van der Waals surface area contributed by atoms with Crippen molar-refractivity contribution in [3.05, 3.63) is 52.0 Å². The molecule has 108 valence electrons. The first-order chi connectivity index (χ1) is 10.0. The van der Waals surface area contributed by atoms with Crippen molar-refractivity contribution in [3.63, 3.8) is 0 Å². The number of hydrogen-bond donors (Lipinski definition) is 2. The second kappa shape index (κ2) is 5.79. The van der Waals surface area contributed by atoms with Crippen molar-refractivity contribution in [2.45, 2.75) is 16.6 Å². The summed E-state index contributed by atoms with van der Waals surface area (Å²) < 4.78 is 0. The number of thioether (sulfide) groups is 1. The molecule has 1 heterocycles. The van der Waals surface area contributed by atoms with E-state index in [2.05, 4.69) is 5.32 Å². The van der Waals surface area contributed by atoms with Crippen LogP contribution in [0.15, 0.2) is 41.3 Å². The Bertz CT molecular complexity index is 696. The Morgan fingerprint density at radius 3 is 2.81 bits per heavy atom. The minimum atomic E-state index is -0.223. The standard InChI is InChI=1S/C15H11Cl2NO2S/c16-9-6-10(17)14(19)11(7-9)18-15(20)13-5-8-3-1-2-4-12(8)21-13/h1-4,6-7,13,19H,5H2,(H,18,20). The van der Waals surface area contributed by atoms with Gasteiger partial charge in [0.05, 0.1) is 16.0 Å². The minimum absolute atomic E-state index is 0.111. The third-order valence-corrected chi connectivity index (χ3v) is 5.05. The lowest BCUT2D eigenvalue weighted by molar-refractivity contribution is -0.115. The summed E-state index contributed by atoms with van der Waals surface area (Å²) >= 11 is 13.2. The lowest BCUT2D eigenvalue weighted by Gasteiger charge is -2.12. The monoisotopic (exact) mass is 339 g/mol. The molecule has 2 aromatic carbocycles. The van der Waals surface area contributed by atoms with E-state index in [1.54, 1.807) is 0 Å². The van der Waals surface area contributed by atoms with Gasteiger partial charge in [-0.3, -0.25) is 4.79 Å². The van der Waals surface area contributed by atoms with Crippen LogP contribution in [0.4, 0.5) is 5.69 Å². The van der Waals surface area contributed by atoms with Gasteiger partial charge in [0.1, 0.15) is 0 Å². The number of hydrogen-bond acceptors (Lipinski definition) is 3. The summed E-state index contributed by atoms with van der Waals surface area (Å²) in [5.41, 5.74) is 1.39. The number of fused-ring (bicyclic) bond motifs is 1. The Hall–Kier alpha value is -1.36. The molecular weight excluding hydrogens is 329 g/mol.